The van der Waals surface area contributed by atoms with Crippen molar-refractivity contribution in [1.82, 2.24) is 4.90 Å². The van der Waals surface area contributed by atoms with Crippen molar-refractivity contribution in [3.63, 3.8) is 0 Å². The second kappa shape index (κ2) is 5.87. The number of rotatable bonds is 4. The van der Waals surface area contributed by atoms with Crippen molar-refractivity contribution in [2.24, 2.45) is 0 Å². The van der Waals surface area contributed by atoms with E-state index in [2.05, 4.69) is 4.90 Å². The summed E-state index contributed by atoms with van der Waals surface area (Å²) in [5.74, 6) is -0.409. The Morgan fingerprint density at radius 2 is 2.05 bits per heavy atom. The summed E-state index contributed by atoms with van der Waals surface area (Å²) in [5.41, 5.74) is 0.912. The number of carbonyl (C=O) groups is 1. The van der Waals surface area contributed by atoms with E-state index in [0.717, 1.165) is 26.1 Å². The zero-order valence-electron chi connectivity index (χ0n) is 12.0. The summed E-state index contributed by atoms with van der Waals surface area (Å²) in [7, 11) is 2.01. The molecule has 0 spiro atoms. The molecule has 0 radical (unpaired) electrons. The normalized spacial score (nSPS) is 16.7. The zero-order valence-corrected chi connectivity index (χ0v) is 12.0. The maximum absolute atomic E-state index is 11.6. The quantitative estimate of drug-likeness (QED) is 0.937. The minimum absolute atomic E-state index is 0.282. The maximum atomic E-state index is 11.6. The van der Waals surface area contributed by atoms with Gasteiger partial charge in [0.05, 0.1) is 6.54 Å². The van der Waals surface area contributed by atoms with Gasteiger partial charge >= 0.3 is 5.97 Å². The van der Waals surface area contributed by atoms with E-state index in [1.165, 1.54) is 0 Å². The van der Waals surface area contributed by atoms with Gasteiger partial charge in [0.25, 0.3) is 0 Å². The molecule has 0 saturated carbocycles. The van der Waals surface area contributed by atoms with Gasteiger partial charge in [-0.05, 0) is 26.0 Å². The predicted octanol–water partition coefficient (Wildman–Crippen LogP) is 2.74. The lowest BCUT2D eigenvalue weighted by atomic mass is 10.1. The molecule has 1 aromatic carbocycles. The minimum atomic E-state index is -0.935. The Balaban J connectivity index is 1.89. The topological polar surface area (TPSA) is 62.9 Å². The summed E-state index contributed by atoms with van der Waals surface area (Å²) in [4.78, 5) is 13.7. The highest BCUT2D eigenvalue weighted by Crippen LogP contribution is 2.27. The molecule has 1 aliphatic rings. The van der Waals surface area contributed by atoms with Gasteiger partial charge in [0.15, 0.2) is 0 Å². The molecule has 1 aliphatic heterocycles. The van der Waals surface area contributed by atoms with Crippen molar-refractivity contribution in [2.45, 2.75) is 25.4 Å². The van der Waals surface area contributed by atoms with E-state index in [1.807, 2.05) is 19.2 Å². The smallest absolute Gasteiger partial charge is 0.339 e. The van der Waals surface area contributed by atoms with E-state index >= 15 is 0 Å². The number of hydrogen-bond acceptors (Lipinski definition) is 4. The highest BCUT2D eigenvalue weighted by molar-refractivity contribution is 6.03. The first kappa shape index (κ1) is 14.1. The number of ether oxygens (including phenoxy) is 1. The average molecular weight is 289 g/mol. The highest BCUT2D eigenvalue weighted by Gasteiger charge is 2.24. The average Bonchev–Trinajstić information content (AvgIpc) is 2.86. The molecule has 5 heteroatoms. The number of benzene rings is 1. The van der Waals surface area contributed by atoms with Crippen LogP contribution in [-0.2, 0) is 11.3 Å². The van der Waals surface area contributed by atoms with Crippen molar-refractivity contribution in [2.75, 3.05) is 20.3 Å². The number of aromatic carboxylic acids is 1. The Morgan fingerprint density at radius 3 is 2.76 bits per heavy atom. The Bertz CT molecular complexity index is 643. The first-order chi connectivity index (χ1) is 10.2. The van der Waals surface area contributed by atoms with E-state index in [1.54, 1.807) is 12.1 Å². The van der Waals surface area contributed by atoms with Gasteiger partial charge in [-0.25, -0.2) is 4.79 Å². The van der Waals surface area contributed by atoms with Crippen LogP contribution in [0.15, 0.2) is 28.7 Å². The zero-order chi connectivity index (χ0) is 14.8. The molecule has 2 aromatic rings. The largest absolute Gasteiger partial charge is 0.478 e. The van der Waals surface area contributed by atoms with Crippen LogP contribution in [0.1, 0.15) is 29.0 Å². The number of carboxylic acid groups (broad SMARTS) is 1. The first-order valence-corrected chi connectivity index (χ1v) is 7.18. The SMILES string of the molecule is CN(Cc1oc2ccccc2c1C(=O)O)C1CCOCC1. The summed E-state index contributed by atoms with van der Waals surface area (Å²) >= 11 is 0. The van der Waals surface area contributed by atoms with Crippen LogP contribution in [0.25, 0.3) is 11.0 Å². The Hall–Kier alpha value is -1.85. The number of fused-ring (bicyclic) bond motifs is 1. The molecule has 5 nitrogen and oxygen atoms in total. The molecule has 0 bridgehead atoms. The van der Waals surface area contributed by atoms with Crippen LogP contribution in [0.5, 0.6) is 0 Å². The van der Waals surface area contributed by atoms with Crippen molar-refractivity contribution in [1.29, 1.82) is 0 Å². The van der Waals surface area contributed by atoms with Gasteiger partial charge in [-0.15, -0.1) is 0 Å². The number of nitrogens with zero attached hydrogens (tertiary/aromatic N) is 1. The van der Waals surface area contributed by atoms with Gasteiger partial charge in [-0.1, -0.05) is 18.2 Å². The molecule has 1 saturated heterocycles. The highest BCUT2D eigenvalue weighted by atomic mass is 16.5. The van der Waals surface area contributed by atoms with Crippen LogP contribution in [0.3, 0.4) is 0 Å². The molecule has 0 amide bonds. The number of carboxylic acids is 1. The molecule has 1 fully saturated rings. The van der Waals surface area contributed by atoms with E-state index < -0.39 is 5.97 Å². The van der Waals surface area contributed by atoms with Gasteiger partial charge in [0, 0.05) is 24.6 Å². The summed E-state index contributed by atoms with van der Waals surface area (Å²) in [5, 5.41) is 10.1. The van der Waals surface area contributed by atoms with Crippen LogP contribution in [-0.4, -0.2) is 42.3 Å². The van der Waals surface area contributed by atoms with Gasteiger partial charge in [0.1, 0.15) is 16.9 Å². The number of hydrogen-bond donors (Lipinski definition) is 1. The van der Waals surface area contributed by atoms with Gasteiger partial charge < -0.3 is 14.3 Å². The second-order valence-corrected chi connectivity index (χ2v) is 5.46. The summed E-state index contributed by atoms with van der Waals surface area (Å²) in [6.07, 6.45) is 1.94. The van der Waals surface area contributed by atoms with E-state index in [-0.39, 0.29) is 5.56 Å². The fraction of sp³-hybridized carbons (Fsp3) is 0.438. The maximum Gasteiger partial charge on any atom is 0.339 e. The van der Waals surface area contributed by atoms with Gasteiger partial charge in [-0.2, -0.15) is 0 Å². The molecule has 112 valence electrons. The number of furan rings is 1. The molecular weight excluding hydrogens is 270 g/mol. The standard InChI is InChI=1S/C16H19NO4/c1-17(11-6-8-20-9-7-11)10-14-15(16(18)19)12-4-2-3-5-13(12)21-14/h2-5,11H,6-10H2,1H3,(H,18,19). The van der Waals surface area contributed by atoms with E-state index in [9.17, 15) is 9.90 Å². The molecule has 0 atom stereocenters. The van der Waals surface area contributed by atoms with E-state index in [0.29, 0.717) is 29.3 Å². The molecule has 3 rings (SSSR count). The fourth-order valence-electron chi connectivity index (χ4n) is 2.92. The van der Waals surface area contributed by atoms with Crippen LogP contribution >= 0.6 is 0 Å². The molecule has 21 heavy (non-hydrogen) atoms. The monoisotopic (exact) mass is 289 g/mol. The predicted molar refractivity (Wildman–Crippen MR) is 78.5 cm³/mol. The van der Waals surface area contributed by atoms with Crippen LogP contribution in [0, 0.1) is 0 Å². The van der Waals surface area contributed by atoms with Crippen LogP contribution < -0.4 is 0 Å². The van der Waals surface area contributed by atoms with Crippen LogP contribution in [0.2, 0.25) is 0 Å². The van der Waals surface area contributed by atoms with Gasteiger partial charge in [-0.3, -0.25) is 4.90 Å². The molecule has 1 N–H and O–H groups in total. The first-order valence-electron chi connectivity index (χ1n) is 7.18. The third-order valence-corrected chi connectivity index (χ3v) is 4.09. The van der Waals surface area contributed by atoms with Crippen molar-refractivity contribution in [3.05, 3.63) is 35.6 Å². The van der Waals surface area contributed by atoms with E-state index in [4.69, 9.17) is 9.15 Å². The Labute approximate surface area is 123 Å². The molecular formula is C16H19NO4. The molecule has 0 aliphatic carbocycles. The number of para-hydroxylation sites is 1. The third kappa shape index (κ3) is 2.80. The third-order valence-electron chi connectivity index (χ3n) is 4.09. The summed E-state index contributed by atoms with van der Waals surface area (Å²) < 4.78 is 11.1. The molecule has 0 unspecified atom stereocenters. The lowest BCUT2D eigenvalue weighted by molar-refractivity contribution is 0.0385. The second-order valence-electron chi connectivity index (χ2n) is 5.46. The lowest BCUT2D eigenvalue weighted by Crippen LogP contribution is -2.36. The summed E-state index contributed by atoms with van der Waals surface area (Å²) in [6.45, 7) is 2.03. The van der Waals surface area contributed by atoms with Crippen LogP contribution in [0.4, 0.5) is 0 Å². The van der Waals surface area contributed by atoms with Crippen molar-refractivity contribution < 1.29 is 19.1 Å². The van der Waals surface area contributed by atoms with Gasteiger partial charge in [0.2, 0.25) is 0 Å². The van der Waals surface area contributed by atoms with Crippen molar-refractivity contribution >= 4 is 16.9 Å². The minimum Gasteiger partial charge on any atom is -0.478 e. The summed E-state index contributed by atoms with van der Waals surface area (Å²) in [6, 6.07) is 7.69. The van der Waals surface area contributed by atoms with Crippen molar-refractivity contribution in [3.8, 4) is 0 Å². The Morgan fingerprint density at radius 1 is 1.33 bits per heavy atom. The lowest BCUT2D eigenvalue weighted by Gasteiger charge is -2.30. The molecule has 1 aromatic heterocycles. The molecule has 2 heterocycles. The fourth-order valence-corrected chi connectivity index (χ4v) is 2.92. The Kier molecular flexibility index (Phi) is 3.94.